The lowest BCUT2D eigenvalue weighted by atomic mass is 9.95. The Kier molecular flexibility index (Phi) is 5.34. The third-order valence-electron chi connectivity index (χ3n) is 3.00. The van der Waals surface area contributed by atoms with Crippen molar-refractivity contribution in [1.82, 2.24) is 10.6 Å². The molecule has 3 N–H and O–H groups in total. The SMILES string of the molecule is C#CCNC(=O)NC1CCCCCC1C(=O)O. The summed E-state index contributed by atoms with van der Waals surface area (Å²) < 4.78 is 0. The van der Waals surface area contributed by atoms with Crippen LogP contribution in [0.5, 0.6) is 0 Å². The first-order chi connectivity index (χ1) is 8.15. The summed E-state index contributed by atoms with van der Waals surface area (Å²) in [6, 6.07) is -0.686. The second-order valence-electron chi connectivity index (χ2n) is 4.22. The molecule has 0 aromatic rings. The molecule has 0 bridgehead atoms. The van der Waals surface area contributed by atoms with E-state index in [-0.39, 0.29) is 18.6 Å². The normalized spacial score (nSPS) is 24.2. The number of hydrogen-bond donors (Lipinski definition) is 3. The highest BCUT2D eigenvalue weighted by Crippen LogP contribution is 2.23. The van der Waals surface area contributed by atoms with Crippen molar-refractivity contribution < 1.29 is 14.7 Å². The van der Waals surface area contributed by atoms with Gasteiger partial charge in [0.2, 0.25) is 0 Å². The number of carbonyl (C=O) groups excluding carboxylic acids is 1. The van der Waals surface area contributed by atoms with Crippen molar-refractivity contribution in [1.29, 1.82) is 0 Å². The molecule has 17 heavy (non-hydrogen) atoms. The van der Waals surface area contributed by atoms with Crippen LogP contribution in [0.25, 0.3) is 0 Å². The summed E-state index contributed by atoms with van der Waals surface area (Å²) in [6.45, 7) is 0.149. The monoisotopic (exact) mass is 238 g/mol. The van der Waals surface area contributed by atoms with E-state index in [1.54, 1.807) is 0 Å². The van der Waals surface area contributed by atoms with E-state index in [0.717, 1.165) is 19.3 Å². The van der Waals surface area contributed by atoms with Crippen molar-refractivity contribution in [3.8, 4) is 12.3 Å². The van der Waals surface area contributed by atoms with Crippen LogP contribution in [0.4, 0.5) is 4.79 Å². The maximum Gasteiger partial charge on any atom is 0.315 e. The van der Waals surface area contributed by atoms with Gasteiger partial charge >= 0.3 is 12.0 Å². The Morgan fingerprint density at radius 2 is 2.00 bits per heavy atom. The summed E-state index contributed by atoms with van der Waals surface area (Å²) >= 11 is 0. The molecule has 1 aliphatic rings. The van der Waals surface area contributed by atoms with Gasteiger partial charge in [0, 0.05) is 6.04 Å². The first kappa shape index (κ1) is 13.4. The van der Waals surface area contributed by atoms with Gasteiger partial charge in [0.05, 0.1) is 12.5 Å². The number of carboxylic acids is 1. The number of nitrogens with one attached hydrogen (secondary N) is 2. The summed E-state index contributed by atoms with van der Waals surface area (Å²) in [7, 11) is 0. The van der Waals surface area contributed by atoms with Gasteiger partial charge in [0.1, 0.15) is 0 Å². The maximum atomic E-state index is 11.4. The molecule has 0 heterocycles. The van der Waals surface area contributed by atoms with Crippen LogP contribution >= 0.6 is 0 Å². The number of amides is 2. The average Bonchev–Trinajstić information content (AvgIpc) is 2.51. The van der Waals surface area contributed by atoms with Crippen molar-refractivity contribution in [2.45, 2.75) is 38.1 Å². The minimum absolute atomic E-state index is 0.149. The van der Waals surface area contributed by atoms with E-state index in [2.05, 4.69) is 16.6 Å². The minimum atomic E-state index is -0.839. The molecule has 2 atom stereocenters. The zero-order valence-corrected chi connectivity index (χ0v) is 9.74. The molecule has 0 aromatic heterocycles. The Hall–Kier alpha value is -1.70. The molecule has 1 fully saturated rings. The molecule has 0 radical (unpaired) electrons. The highest BCUT2D eigenvalue weighted by Gasteiger charge is 2.30. The number of carboxylic acid groups (broad SMARTS) is 1. The lowest BCUT2D eigenvalue weighted by Gasteiger charge is -2.22. The van der Waals surface area contributed by atoms with E-state index in [1.807, 2.05) is 0 Å². The van der Waals surface area contributed by atoms with Gasteiger partial charge in [-0.3, -0.25) is 4.79 Å². The fraction of sp³-hybridized carbons (Fsp3) is 0.667. The van der Waals surface area contributed by atoms with Crippen molar-refractivity contribution in [3.05, 3.63) is 0 Å². The largest absolute Gasteiger partial charge is 0.481 e. The fourth-order valence-corrected chi connectivity index (χ4v) is 2.13. The van der Waals surface area contributed by atoms with Gasteiger partial charge in [-0.2, -0.15) is 0 Å². The first-order valence-corrected chi connectivity index (χ1v) is 5.85. The van der Waals surface area contributed by atoms with Gasteiger partial charge in [-0.15, -0.1) is 6.42 Å². The average molecular weight is 238 g/mol. The summed E-state index contributed by atoms with van der Waals surface area (Å²) in [6.07, 6.45) is 9.23. The Labute approximate surface area is 101 Å². The summed E-state index contributed by atoms with van der Waals surface area (Å²) in [5.41, 5.74) is 0. The standard InChI is InChI=1S/C12H18N2O3/c1-2-8-13-12(17)14-10-7-5-3-4-6-9(10)11(15)16/h1,9-10H,3-8H2,(H,15,16)(H2,13,14,17). The Balaban J connectivity index is 2.54. The minimum Gasteiger partial charge on any atom is -0.481 e. The first-order valence-electron chi connectivity index (χ1n) is 5.85. The van der Waals surface area contributed by atoms with Crippen LogP contribution in [0, 0.1) is 18.3 Å². The lowest BCUT2D eigenvalue weighted by molar-refractivity contribution is -0.142. The Morgan fingerprint density at radius 3 is 2.65 bits per heavy atom. The molecule has 0 aromatic carbocycles. The number of aliphatic carboxylic acids is 1. The summed E-state index contributed by atoms with van der Waals surface area (Å²) in [5.74, 6) is 0.964. The quantitative estimate of drug-likeness (QED) is 0.506. The van der Waals surface area contributed by atoms with E-state index >= 15 is 0 Å². The third kappa shape index (κ3) is 4.35. The van der Waals surface area contributed by atoms with Crippen LogP contribution in [-0.2, 0) is 4.79 Å². The van der Waals surface area contributed by atoms with Crippen molar-refractivity contribution in [3.63, 3.8) is 0 Å². The van der Waals surface area contributed by atoms with Crippen LogP contribution in [0.2, 0.25) is 0 Å². The number of carbonyl (C=O) groups is 2. The molecule has 5 nitrogen and oxygen atoms in total. The fourth-order valence-electron chi connectivity index (χ4n) is 2.13. The second-order valence-corrected chi connectivity index (χ2v) is 4.22. The highest BCUT2D eigenvalue weighted by atomic mass is 16.4. The van der Waals surface area contributed by atoms with Gasteiger partial charge in [0.15, 0.2) is 0 Å². The van der Waals surface area contributed by atoms with Gasteiger partial charge < -0.3 is 15.7 Å². The number of hydrogen-bond acceptors (Lipinski definition) is 2. The van der Waals surface area contributed by atoms with E-state index in [4.69, 9.17) is 11.5 Å². The molecule has 1 saturated carbocycles. The molecule has 1 rings (SSSR count). The predicted octanol–water partition coefficient (Wildman–Crippen LogP) is 0.952. The number of urea groups is 1. The summed E-state index contributed by atoms with van der Waals surface area (Å²) in [4.78, 5) is 22.5. The van der Waals surface area contributed by atoms with Crippen molar-refractivity contribution in [2.75, 3.05) is 6.54 Å². The Bertz CT molecular complexity index is 322. The molecule has 94 valence electrons. The molecule has 5 heteroatoms. The van der Waals surface area contributed by atoms with Gasteiger partial charge in [-0.25, -0.2) is 4.79 Å². The van der Waals surface area contributed by atoms with Crippen LogP contribution in [-0.4, -0.2) is 29.7 Å². The predicted molar refractivity (Wildman–Crippen MR) is 63.4 cm³/mol. The molecular weight excluding hydrogens is 220 g/mol. The van der Waals surface area contributed by atoms with Gasteiger partial charge in [-0.1, -0.05) is 25.2 Å². The number of rotatable bonds is 3. The molecule has 0 aliphatic heterocycles. The lowest BCUT2D eigenvalue weighted by Crippen LogP contribution is -2.47. The van der Waals surface area contributed by atoms with Crippen LogP contribution in [0.1, 0.15) is 32.1 Å². The van der Waals surface area contributed by atoms with Crippen LogP contribution in [0.15, 0.2) is 0 Å². The van der Waals surface area contributed by atoms with Gasteiger partial charge in [-0.05, 0) is 12.8 Å². The molecule has 2 unspecified atom stereocenters. The molecule has 0 spiro atoms. The second kappa shape index (κ2) is 6.79. The smallest absolute Gasteiger partial charge is 0.315 e. The van der Waals surface area contributed by atoms with Crippen molar-refractivity contribution >= 4 is 12.0 Å². The highest BCUT2D eigenvalue weighted by molar-refractivity contribution is 5.76. The van der Waals surface area contributed by atoms with Crippen LogP contribution in [0.3, 0.4) is 0 Å². The Morgan fingerprint density at radius 1 is 1.29 bits per heavy atom. The van der Waals surface area contributed by atoms with E-state index in [9.17, 15) is 9.59 Å². The van der Waals surface area contributed by atoms with E-state index < -0.39 is 11.9 Å². The van der Waals surface area contributed by atoms with E-state index in [0.29, 0.717) is 12.8 Å². The van der Waals surface area contributed by atoms with Gasteiger partial charge in [0.25, 0.3) is 0 Å². The van der Waals surface area contributed by atoms with E-state index in [1.165, 1.54) is 0 Å². The molecular formula is C12H18N2O3. The molecule has 1 aliphatic carbocycles. The third-order valence-corrected chi connectivity index (χ3v) is 3.00. The topological polar surface area (TPSA) is 78.4 Å². The van der Waals surface area contributed by atoms with Crippen molar-refractivity contribution in [2.24, 2.45) is 5.92 Å². The zero-order valence-electron chi connectivity index (χ0n) is 9.74. The molecule has 0 saturated heterocycles. The zero-order chi connectivity index (χ0) is 12.7. The molecule has 2 amide bonds. The van der Waals surface area contributed by atoms with Crippen LogP contribution < -0.4 is 10.6 Å². The number of terminal acetylenes is 1. The summed E-state index contributed by atoms with van der Waals surface area (Å²) in [5, 5.41) is 14.3. The maximum absolute atomic E-state index is 11.4.